The first-order valence-electron chi connectivity index (χ1n) is 4.46. The molecule has 2 rings (SSSR count). The molecule has 1 heterocycles. The van der Waals surface area contributed by atoms with Crippen LogP contribution in [0.25, 0.3) is 0 Å². The van der Waals surface area contributed by atoms with E-state index in [0.29, 0.717) is 5.89 Å². The van der Waals surface area contributed by atoms with Gasteiger partial charge in [0.15, 0.2) is 0 Å². The zero-order chi connectivity index (χ0) is 10.1. The Morgan fingerprint density at radius 1 is 1.64 bits per heavy atom. The van der Waals surface area contributed by atoms with Crippen molar-refractivity contribution in [1.29, 1.82) is 0 Å². The van der Waals surface area contributed by atoms with Gasteiger partial charge in [0.1, 0.15) is 0 Å². The van der Waals surface area contributed by atoms with Crippen LogP contribution in [-0.2, 0) is 11.3 Å². The second kappa shape index (κ2) is 3.28. The van der Waals surface area contributed by atoms with Crippen LogP contribution < -0.4 is 5.76 Å². The van der Waals surface area contributed by atoms with E-state index in [1.54, 1.807) is 0 Å². The molecule has 14 heavy (non-hydrogen) atoms. The van der Waals surface area contributed by atoms with Crippen molar-refractivity contribution in [2.24, 2.45) is 0 Å². The number of hydrogen-bond acceptors (Lipinski definition) is 4. The molecule has 0 bridgehead atoms. The van der Waals surface area contributed by atoms with Gasteiger partial charge in [-0.25, -0.2) is 4.79 Å². The lowest BCUT2D eigenvalue weighted by molar-refractivity contribution is -0.137. The second-order valence-electron chi connectivity index (χ2n) is 3.35. The van der Waals surface area contributed by atoms with E-state index in [9.17, 15) is 9.59 Å². The van der Waals surface area contributed by atoms with E-state index in [-0.39, 0.29) is 18.9 Å². The summed E-state index contributed by atoms with van der Waals surface area (Å²) in [6.45, 7) is 0.0738. The number of nitrogens with zero attached hydrogens (tertiary/aromatic N) is 2. The number of carboxylic acid groups (broad SMARTS) is 1. The summed E-state index contributed by atoms with van der Waals surface area (Å²) in [5, 5.41) is 12.3. The molecule has 1 fully saturated rings. The van der Waals surface area contributed by atoms with Gasteiger partial charge in [-0.15, -0.1) is 5.10 Å². The molecule has 6 nitrogen and oxygen atoms in total. The fraction of sp³-hybridized carbons (Fsp3) is 0.625. The van der Waals surface area contributed by atoms with Crippen molar-refractivity contribution in [3.63, 3.8) is 0 Å². The Labute approximate surface area is 79.1 Å². The Bertz CT molecular complexity index is 402. The zero-order valence-electron chi connectivity index (χ0n) is 7.47. The molecule has 1 aliphatic carbocycles. The van der Waals surface area contributed by atoms with Gasteiger partial charge in [-0.3, -0.25) is 4.79 Å². The van der Waals surface area contributed by atoms with E-state index in [1.165, 1.54) is 0 Å². The number of rotatable bonds is 4. The fourth-order valence-corrected chi connectivity index (χ4v) is 1.16. The average Bonchev–Trinajstić information content (AvgIpc) is 2.88. The molecule has 0 amide bonds. The van der Waals surface area contributed by atoms with E-state index in [4.69, 9.17) is 9.52 Å². The summed E-state index contributed by atoms with van der Waals surface area (Å²) in [5.41, 5.74) is 0. The van der Waals surface area contributed by atoms with Crippen molar-refractivity contribution in [3.05, 3.63) is 16.4 Å². The summed E-state index contributed by atoms with van der Waals surface area (Å²) in [5.74, 6) is -0.796. The third-order valence-electron chi connectivity index (χ3n) is 2.09. The Hall–Kier alpha value is -1.59. The summed E-state index contributed by atoms with van der Waals surface area (Å²) in [7, 11) is 0. The molecule has 1 aromatic heterocycles. The van der Waals surface area contributed by atoms with Crippen molar-refractivity contribution < 1.29 is 14.3 Å². The van der Waals surface area contributed by atoms with Crippen LogP contribution in [-0.4, -0.2) is 20.9 Å². The van der Waals surface area contributed by atoms with Crippen LogP contribution in [0.4, 0.5) is 0 Å². The minimum atomic E-state index is -0.951. The SMILES string of the molecule is O=C(O)CCn1nc(C2CC2)oc1=O. The number of aromatic nitrogens is 2. The van der Waals surface area contributed by atoms with Gasteiger partial charge in [0.05, 0.1) is 13.0 Å². The van der Waals surface area contributed by atoms with Gasteiger partial charge in [-0.2, -0.15) is 4.68 Å². The van der Waals surface area contributed by atoms with Crippen LogP contribution in [0.3, 0.4) is 0 Å². The number of hydrogen-bond donors (Lipinski definition) is 1. The summed E-state index contributed by atoms with van der Waals surface area (Å²) in [6, 6.07) is 0. The van der Waals surface area contributed by atoms with E-state index >= 15 is 0 Å². The molecule has 0 unspecified atom stereocenters. The minimum Gasteiger partial charge on any atom is -0.481 e. The molecule has 1 aliphatic rings. The van der Waals surface area contributed by atoms with Crippen molar-refractivity contribution in [3.8, 4) is 0 Å². The summed E-state index contributed by atoms with van der Waals surface area (Å²) < 4.78 is 5.95. The van der Waals surface area contributed by atoms with Crippen molar-refractivity contribution >= 4 is 5.97 Å². The minimum absolute atomic E-state index is 0.0738. The van der Waals surface area contributed by atoms with E-state index < -0.39 is 11.7 Å². The predicted molar refractivity (Wildman–Crippen MR) is 45.0 cm³/mol. The molecule has 0 saturated heterocycles. The van der Waals surface area contributed by atoms with Crippen LogP contribution in [0.5, 0.6) is 0 Å². The predicted octanol–water partition coefficient (Wildman–Crippen LogP) is 0.188. The standard InChI is InChI=1S/C8H10N2O4/c11-6(12)3-4-10-8(13)14-7(9-10)5-1-2-5/h5H,1-4H2,(H,11,12). The van der Waals surface area contributed by atoms with Gasteiger partial charge >= 0.3 is 11.7 Å². The summed E-state index contributed by atoms with van der Waals surface area (Å²) >= 11 is 0. The molecule has 76 valence electrons. The van der Waals surface area contributed by atoms with E-state index in [2.05, 4.69) is 5.10 Å². The van der Waals surface area contributed by atoms with Crippen LogP contribution >= 0.6 is 0 Å². The highest BCUT2D eigenvalue weighted by molar-refractivity contribution is 5.66. The Kier molecular flexibility index (Phi) is 2.11. The number of carbonyl (C=O) groups is 1. The Morgan fingerprint density at radius 3 is 2.93 bits per heavy atom. The molecule has 0 radical (unpaired) electrons. The zero-order valence-corrected chi connectivity index (χ0v) is 7.47. The van der Waals surface area contributed by atoms with Crippen molar-refractivity contribution in [1.82, 2.24) is 9.78 Å². The molecule has 0 aromatic carbocycles. The molecular weight excluding hydrogens is 188 g/mol. The molecule has 6 heteroatoms. The summed E-state index contributed by atoms with van der Waals surface area (Å²) in [4.78, 5) is 21.4. The maximum Gasteiger partial charge on any atom is 0.437 e. The van der Waals surface area contributed by atoms with Gasteiger partial charge in [0, 0.05) is 5.92 Å². The maximum atomic E-state index is 11.1. The Balaban J connectivity index is 2.09. The third kappa shape index (κ3) is 1.84. The summed E-state index contributed by atoms with van der Waals surface area (Å²) in [6.07, 6.45) is 1.88. The van der Waals surface area contributed by atoms with Crippen molar-refractivity contribution in [2.45, 2.75) is 31.7 Å². The lowest BCUT2D eigenvalue weighted by Crippen LogP contribution is -2.17. The smallest absolute Gasteiger partial charge is 0.437 e. The van der Waals surface area contributed by atoms with Gasteiger partial charge in [0.25, 0.3) is 0 Å². The molecule has 0 spiro atoms. The molecular formula is C8H10N2O4. The van der Waals surface area contributed by atoms with E-state index in [1.807, 2.05) is 0 Å². The molecule has 1 saturated carbocycles. The molecule has 1 N–H and O–H groups in total. The highest BCUT2D eigenvalue weighted by atomic mass is 16.4. The molecule has 0 aliphatic heterocycles. The van der Waals surface area contributed by atoms with Crippen LogP contribution in [0.2, 0.25) is 0 Å². The lowest BCUT2D eigenvalue weighted by atomic mass is 10.4. The molecule has 1 aromatic rings. The van der Waals surface area contributed by atoms with E-state index in [0.717, 1.165) is 17.5 Å². The monoisotopic (exact) mass is 198 g/mol. The second-order valence-corrected chi connectivity index (χ2v) is 3.35. The van der Waals surface area contributed by atoms with Crippen LogP contribution in [0.15, 0.2) is 9.21 Å². The normalized spacial score (nSPS) is 15.7. The third-order valence-corrected chi connectivity index (χ3v) is 2.09. The number of aryl methyl sites for hydroxylation is 1. The van der Waals surface area contributed by atoms with Gasteiger partial charge in [0.2, 0.25) is 5.89 Å². The average molecular weight is 198 g/mol. The quantitative estimate of drug-likeness (QED) is 0.746. The largest absolute Gasteiger partial charge is 0.481 e. The highest BCUT2D eigenvalue weighted by Crippen LogP contribution is 2.38. The Morgan fingerprint density at radius 2 is 2.36 bits per heavy atom. The molecule has 0 atom stereocenters. The first kappa shape index (κ1) is 8.98. The lowest BCUT2D eigenvalue weighted by Gasteiger charge is -1.92. The number of carboxylic acids is 1. The topological polar surface area (TPSA) is 85.3 Å². The first-order valence-corrected chi connectivity index (χ1v) is 4.46. The van der Waals surface area contributed by atoms with Crippen LogP contribution in [0, 0.1) is 0 Å². The highest BCUT2D eigenvalue weighted by Gasteiger charge is 2.29. The first-order chi connectivity index (χ1) is 6.66. The maximum absolute atomic E-state index is 11.1. The van der Waals surface area contributed by atoms with Gasteiger partial charge in [-0.1, -0.05) is 0 Å². The van der Waals surface area contributed by atoms with Gasteiger partial charge < -0.3 is 9.52 Å². The van der Waals surface area contributed by atoms with Crippen LogP contribution in [0.1, 0.15) is 31.1 Å². The number of aliphatic carboxylic acids is 1. The van der Waals surface area contributed by atoms with Gasteiger partial charge in [-0.05, 0) is 12.8 Å². The fourth-order valence-electron chi connectivity index (χ4n) is 1.16. The van der Waals surface area contributed by atoms with Crippen molar-refractivity contribution in [2.75, 3.05) is 0 Å².